The molecule has 1 heterocycles. The molecule has 0 fully saturated rings. The molecule has 0 aliphatic rings. The standard InChI is InChI=1S/C18H25N5O/c1-4-23(14-15-8-6-5-7-9-15)17(24)16-10-11-19-18(21-16)20-12-13-22(2)3/h5-11H,4,12-14H2,1-3H3,(H,19,20,21). The fourth-order valence-electron chi connectivity index (χ4n) is 2.25. The summed E-state index contributed by atoms with van der Waals surface area (Å²) in [4.78, 5) is 25.1. The maximum Gasteiger partial charge on any atom is 0.272 e. The molecule has 0 atom stereocenters. The third-order valence-corrected chi connectivity index (χ3v) is 3.60. The largest absolute Gasteiger partial charge is 0.353 e. The Bertz CT molecular complexity index is 645. The van der Waals surface area contributed by atoms with E-state index in [9.17, 15) is 4.79 Å². The van der Waals surface area contributed by atoms with Crippen molar-refractivity contribution in [2.24, 2.45) is 0 Å². The van der Waals surface area contributed by atoms with Gasteiger partial charge in [0.1, 0.15) is 5.69 Å². The van der Waals surface area contributed by atoms with Gasteiger partial charge in [0.05, 0.1) is 0 Å². The lowest BCUT2D eigenvalue weighted by Gasteiger charge is -2.20. The van der Waals surface area contributed by atoms with Crippen LogP contribution in [-0.2, 0) is 6.54 Å². The maximum absolute atomic E-state index is 12.7. The molecule has 6 nitrogen and oxygen atoms in total. The van der Waals surface area contributed by atoms with Crippen LogP contribution >= 0.6 is 0 Å². The van der Waals surface area contributed by atoms with Crippen molar-refractivity contribution >= 4 is 11.9 Å². The van der Waals surface area contributed by atoms with Crippen molar-refractivity contribution in [2.75, 3.05) is 39.0 Å². The molecule has 0 bridgehead atoms. The molecule has 0 aliphatic carbocycles. The summed E-state index contributed by atoms with van der Waals surface area (Å²) in [6, 6.07) is 11.6. The molecular weight excluding hydrogens is 302 g/mol. The number of nitrogens with one attached hydrogen (secondary N) is 1. The highest BCUT2D eigenvalue weighted by Gasteiger charge is 2.16. The van der Waals surface area contributed by atoms with Crippen molar-refractivity contribution in [3.8, 4) is 0 Å². The number of carbonyl (C=O) groups excluding carboxylic acids is 1. The molecule has 0 saturated carbocycles. The molecule has 2 aromatic rings. The first-order chi connectivity index (χ1) is 11.6. The predicted octanol–water partition coefficient (Wildman–Crippen LogP) is 2.11. The normalized spacial score (nSPS) is 10.7. The zero-order valence-corrected chi connectivity index (χ0v) is 14.6. The van der Waals surface area contributed by atoms with Crippen LogP contribution in [0.5, 0.6) is 0 Å². The molecular formula is C18H25N5O. The second-order valence-corrected chi connectivity index (χ2v) is 5.80. The van der Waals surface area contributed by atoms with Crippen molar-refractivity contribution in [3.05, 3.63) is 53.9 Å². The van der Waals surface area contributed by atoms with Crippen LogP contribution < -0.4 is 5.32 Å². The minimum absolute atomic E-state index is 0.0839. The lowest BCUT2D eigenvalue weighted by molar-refractivity contribution is 0.0746. The second-order valence-electron chi connectivity index (χ2n) is 5.80. The number of hydrogen-bond acceptors (Lipinski definition) is 5. The fourth-order valence-corrected chi connectivity index (χ4v) is 2.25. The van der Waals surface area contributed by atoms with Crippen molar-refractivity contribution in [2.45, 2.75) is 13.5 Å². The average Bonchev–Trinajstić information content (AvgIpc) is 2.60. The van der Waals surface area contributed by atoms with Gasteiger partial charge in [-0.05, 0) is 32.6 Å². The summed E-state index contributed by atoms with van der Waals surface area (Å²) < 4.78 is 0. The van der Waals surface area contributed by atoms with Crippen molar-refractivity contribution < 1.29 is 4.79 Å². The minimum Gasteiger partial charge on any atom is -0.353 e. The summed E-state index contributed by atoms with van der Waals surface area (Å²) in [6.07, 6.45) is 1.62. The van der Waals surface area contributed by atoms with Crippen molar-refractivity contribution in [3.63, 3.8) is 0 Å². The van der Waals surface area contributed by atoms with Crippen LogP contribution in [0.2, 0.25) is 0 Å². The maximum atomic E-state index is 12.7. The van der Waals surface area contributed by atoms with E-state index in [-0.39, 0.29) is 5.91 Å². The molecule has 0 aliphatic heterocycles. The fraction of sp³-hybridized carbons (Fsp3) is 0.389. The van der Waals surface area contributed by atoms with E-state index in [0.717, 1.165) is 18.7 Å². The van der Waals surface area contributed by atoms with Crippen LogP contribution in [0.3, 0.4) is 0 Å². The smallest absolute Gasteiger partial charge is 0.272 e. The van der Waals surface area contributed by atoms with Gasteiger partial charge < -0.3 is 15.1 Å². The monoisotopic (exact) mass is 327 g/mol. The Kier molecular flexibility index (Phi) is 6.69. The topological polar surface area (TPSA) is 61.4 Å². The Hall–Kier alpha value is -2.47. The quantitative estimate of drug-likeness (QED) is 0.805. The lowest BCUT2D eigenvalue weighted by atomic mass is 10.2. The molecule has 1 amide bonds. The van der Waals surface area contributed by atoms with E-state index in [1.165, 1.54) is 0 Å². The molecule has 24 heavy (non-hydrogen) atoms. The van der Waals surface area contributed by atoms with Crippen molar-refractivity contribution in [1.29, 1.82) is 0 Å². The summed E-state index contributed by atoms with van der Waals surface area (Å²) in [5.41, 5.74) is 1.52. The Morgan fingerprint density at radius 3 is 2.58 bits per heavy atom. The second kappa shape index (κ2) is 8.98. The van der Waals surface area contributed by atoms with E-state index in [1.807, 2.05) is 51.4 Å². The summed E-state index contributed by atoms with van der Waals surface area (Å²) in [6.45, 7) is 4.77. The zero-order chi connectivity index (χ0) is 17.4. The number of rotatable bonds is 8. The van der Waals surface area contributed by atoms with E-state index in [2.05, 4.69) is 20.2 Å². The zero-order valence-electron chi connectivity index (χ0n) is 14.6. The van der Waals surface area contributed by atoms with E-state index < -0.39 is 0 Å². The van der Waals surface area contributed by atoms with Gasteiger partial charge in [0.2, 0.25) is 5.95 Å². The molecule has 0 radical (unpaired) electrons. The highest BCUT2D eigenvalue weighted by atomic mass is 16.2. The van der Waals surface area contributed by atoms with Gasteiger partial charge in [-0.2, -0.15) is 0 Å². The summed E-state index contributed by atoms with van der Waals surface area (Å²) in [5.74, 6) is 0.401. The molecule has 1 aromatic carbocycles. The Balaban J connectivity index is 2.04. The van der Waals surface area contributed by atoms with Gasteiger partial charge in [-0.25, -0.2) is 9.97 Å². The van der Waals surface area contributed by atoms with Gasteiger partial charge in [-0.1, -0.05) is 30.3 Å². The predicted molar refractivity (Wildman–Crippen MR) is 95.9 cm³/mol. The lowest BCUT2D eigenvalue weighted by Crippen LogP contribution is -2.31. The van der Waals surface area contributed by atoms with Gasteiger partial charge in [0, 0.05) is 32.4 Å². The third kappa shape index (κ3) is 5.31. The number of carbonyl (C=O) groups is 1. The number of nitrogens with zero attached hydrogens (tertiary/aromatic N) is 4. The summed E-state index contributed by atoms with van der Waals surface area (Å²) in [7, 11) is 4.01. The van der Waals surface area contributed by atoms with Gasteiger partial charge in [-0.15, -0.1) is 0 Å². The van der Waals surface area contributed by atoms with E-state index in [1.54, 1.807) is 17.2 Å². The molecule has 0 spiro atoms. The van der Waals surface area contributed by atoms with E-state index in [0.29, 0.717) is 24.7 Å². The molecule has 0 unspecified atom stereocenters. The van der Waals surface area contributed by atoms with Crippen LogP contribution in [0, 0.1) is 0 Å². The summed E-state index contributed by atoms with van der Waals surface area (Å²) >= 11 is 0. The van der Waals surface area contributed by atoms with Crippen molar-refractivity contribution in [1.82, 2.24) is 19.8 Å². The highest BCUT2D eigenvalue weighted by Crippen LogP contribution is 2.09. The Morgan fingerprint density at radius 2 is 1.92 bits per heavy atom. The highest BCUT2D eigenvalue weighted by molar-refractivity contribution is 5.92. The van der Waals surface area contributed by atoms with Crippen LogP contribution in [-0.4, -0.2) is 59.4 Å². The first kappa shape index (κ1) is 17.9. The van der Waals surface area contributed by atoms with Gasteiger partial charge in [0.25, 0.3) is 5.91 Å². The van der Waals surface area contributed by atoms with Gasteiger partial charge in [0.15, 0.2) is 0 Å². The number of benzene rings is 1. The first-order valence-electron chi connectivity index (χ1n) is 8.15. The molecule has 1 N–H and O–H groups in total. The average molecular weight is 327 g/mol. The SMILES string of the molecule is CCN(Cc1ccccc1)C(=O)c1ccnc(NCCN(C)C)n1. The Morgan fingerprint density at radius 1 is 1.17 bits per heavy atom. The number of aromatic nitrogens is 2. The molecule has 6 heteroatoms. The molecule has 128 valence electrons. The first-order valence-corrected chi connectivity index (χ1v) is 8.15. The van der Waals surface area contributed by atoms with Crippen LogP contribution in [0.15, 0.2) is 42.6 Å². The molecule has 2 rings (SSSR count). The van der Waals surface area contributed by atoms with E-state index in [4.69, 9.17) is 0 Å². The van der Waals surface area contributed by atoms with Crippen LogP contribution in [0.4, 0.5) is 5.95 Å². The summed E-state index contributed by atoms with van der Waals surface area (Å²) in [5, 5.41) is 3.14. The Labute approximate surface area is 143 Å². The van der Waals surface area contributed by atoms with Gasteiger partial charge >= 0.3 is 0 Å². The molecule has 1 aromatic heterocycles. The number of likely N-dealkylation sites (N-methyl/N-ethyl adjacent to an activating group) is 1. The van der Waals surface area contributed by atoms with E-state index >= 15 is 0 Å². The van der Waals surface area contributed by atoms with Crippen LogP contribution in [0.25, 0.3) is 0 Å². The van der Waals surface area contributed by atoms with Crippen LogP contribution in [0.1, 0.15) is 23.0 Å². The number of anilines is 1. The minimum atomic E-state index is -0.0839. The van der Waals surface area contributed by atoms with Gasteiger partial charge in [-0.3, -0.25) is 4.79 Å². The molecule has 0 saturated heterocycles. The number of amides is 1. The number of hydrogen-bond donors (Lipinski definition) is 1. The third-order valence-electron chi connectivity index (χ3n) is 3.60.